The number of alkyl halides is 4. The molecule has 2 aromatic heterocycles. The summed E-state index contributed by atoms with van der Waals surface area (Å²) in [6, 6.07) is 2.60. The van der Waals surface area contributed by atoms with Gasteiger partial charge in [0, 0.05) is 53.4 Å². The summed E-state index contributed by atoms with van der Waals surface area (Å²) in [5, 5.41) is 23.2. The number of rotatable bonds is 9. The standard InChI is InChI=1S/C22H26BrF2N3O2.C5H3F3N2O2/c1-5-6-16(24)11-28(4)12-19(23)17-8-18(20(25)7-14(17)13-29)21-26-9-15(10-27-21)22(2,3)30;6-5(7,8)3-2(11)1-9-10-4(3)12/h7-10,12-13,16,30H,5-6,11H2,1-4H3;1H,(H2,10,11,12)/b19-12+;. The average molecular weight is 662 g/mol. The van der Waals surface area contributed by atoms with E-state index in [0.717, 1.165) is 12.5 Å². The van der Waals surface area contributed by atoms with Crippen molar-refractivity contribution in [2.75, 3.05) is 13.6 Å². The second-order valence-corrected chi connectivity index (χ2v) is 10.5. The lowest BCUT2D eigenvalue weighted by molar-refractivity contribution is -0.140. The molecule has 0 radical (unpaired) electrons. The summed E-state index contributed by atoms with van der Waals surface area (Å²) in [6.07, 6.45) is 0.996. The smallest absolute Gasteiger partial charge is 0.425 e. The van der Waals surface area contributed by atoms with E-state index in [0.29, 0.717) is 34.5 Å². The highest BCUT2D eigenvalue weighted by Crippen LogP contribution is 2.32. The zero-order valence-electron chi connectivity index (χ0n) is 23.0. The zero-order chi connectivity index (χ0) is 31.8. The lowest BCUT2D eigenvalue weighted by Gasteiger charge is -2.18. The maximum absolute atomic E-state index is 14.6. The first-order valence-electron chi connectivity index (χ1n) is 12.4. The monoisotopic (exact) mass is 661 g/mol. The molecule has 0 spiro atoms. The molecule has 228 valence electrons. The number of H-pyrrole nitrogens is 1. The molecule has 0 bridgehead atoms. The highest BCUT2D eigenvalue weighted by Gasteiger charge is 2.37. The second-order valence-electron chi connectivity index (χ2n) is 9.65. The normalized spacial score (nSPS) is 12.8. The highest BCUT2D eigenvalue weighted by molar-refractivity contribution is 9.15. The third kappa shape index (κ3) is 9.41. The number of aliphatic hydroxyl groups is 1. The first-order chi connectivity index (χ1) is 19.5. The van der Waals surface area contributed by atoms with Crippen LogP contribution < -0.4 is 5.56 Å². The Labute approximate surface area is 246 Å². The van der Waals surface area contributed by atoms with Crippen LogP contribution in [-0.4, -0.2) is 61.3 Å². The Kier molecular flexibility index (Phi) is 11.9. The number of hydrogen-bond acceptors (Lipinski definition) is 8. The molecule has 1 aromatic carbocycles. The van der Waals surface area contributed by atoms with Gasteiger partial charge in [-0.25, -0.2) is 23.8 Å². The van der Waals surface area contributed by atoms with E-state index in [-0.39, 0.29) is 23.5 Å². The van der Waals surface area contributed by atoms with Gasteiger partial charge in [-0.15, -0.1) is 0 Å². The van der Waals surface area contributed by atoms with E-state index < -0.39 is 40.6 Å². The van der Waals surface area contributed by atoms with Gasteiger partial charge in [0.1, 0.15) is 12.0 Å². The van der Waals surface area contributed by atoms with Crippen LogP contribution in [0.25, 0.3) is 15.9 Å². The van der Waals surface area contributed by atoms with Crippen LogP contribution in [0.15, 0.2) is 41.7 Å². The number of nitrogens with zero attached hydrogens (tertiary/aromatic N) is 4. The van der Waals surface area contributed by atoms with Gasteiger partial charge in [0.15, 0.2) is 23.4 Å². The van der Waals surface area contributed by atoms with Gasteiger partial charge in [0.2, 0.25) is 0 Å². The van der Waals surface area contributed by atoms with Crippen molar-refractivity contribution in [3.8, 4) is 17.1 Å². The third-order valence-electron chi connectivity index (χ3n) is 5.66. The summed E-state index contributed by atoms with van der Waals surface area (Å²) in [5.41, 5.74) is -3.01. The van der Waals surface area contributed by atoms with Crippen LogP contribution in [0.4, 0.5) is 22.0 Å². The second kappa shape index (κ2) is 14.4. The highest BCUT2D eigenvalue weighted by atomic mass is 79.9. The molecular weight excluding hydrogens is 633 g/mol. The molecule has 15 heteroatoms. The van der Waals surface area contributed by atoms with Crippen LogP contribution in [0, 0.1) is 5.82 Å². The van der Waals surface area contributed by atoms with E-state index in [2.05, 4.69) is 31.0 Å². The van der Waals surface area contributed by atoms with E-state index in [4.69, 9.17) is 5.11 Å². The Morgan fingerprint density at radius 3 is 2.29 bits per heavy atom. The molecule has 0 aliphatic rings. The van der Waals surface area contributed by atoms with Crippen molar-refractivity contribution < 1.29 is 37.0 Å². The number of carbonyl (C=O) groups excluding carboxylic acids is 1. The van der Waals surface area contributed by atoms with Crippen LogP contribution in [-0.2, 0) is 11.8 Å². The lowest BCUT2D eigenvalue weighted by atomic mass is 10.0. The van der Waals surface area contributed by atoms with Gasteiger partial charge in [-0.2, -0.15) is 18.3 Å². The number of hydrogen-bond donors (Lipinski definition) is 3. The van der Waals surface area contributed by atoms with Crippen molar-refractivity contribution in [2.24, 2.45) is 0 Å². The van der Waals surface area contributed by atoms with Gasteiger partial charge in [-0.1, -0.05) is 13.3 Å². The van der Waals surface area contributed by atoms with E-state index in [1.54, 1.807) is 37.1 Å². The molecule has 9 nitrogen and oxygen atoms in total. The van der Waals surface area contributed by atoms with E-state index in [1.807, 2.05) is 6.92 Å². The largest absolute Gasteiger partial charge is 0.505 e. The maximum Gasteiger partial charge on any atom is 0.425 e. The molecule has 42 heavy (non-hydrogen) atoms. The van der Waals surface area contributed by atoms with Crippen molar-refractivity contribution in [3.63, 3.8) is 0 Å². The average Bonchev–Trinajstić information content (AvgIpc) is 2.87. The minimum absolute atomic E-state index is 0.111. The maximum atomic E-state index is 14.6. The van der Waals surface area contributed by atoms with Gasteiger partial charge in [-0.3, -0.25) is 9.59 Å². The fourth-order valence-electron chi connectivity index (χ4n) is 3.54. The minimum atomic E-state index is -4.86. The molecule has 0 aliphatic carbocycles. The number of benzene rings is 1. The van der Waals surface area contributed by atoms with Crippen molar-refractivity contribution in [1.82, 2.24) is 25.1 Å². The van der Waals surface area contributed by atoms with Gasteiger partial charge >= 0.3 is 6.18 Å². The number of aromatic amines is 1. The van der Waals surface area contributed by atoms with E-state index in [1.165, 1.54) is 18.5 Å². The molecule has 1 unspecified atom stereocenters. The number of aromatic nitrogens is 4. The molecule has 3 N–H and O–H groups in total. The summed E-state index contributed by atoms with van der Waals surface area (Å²) in [7, 11) is 1.73. The summed E-state index contributed by atoms with van der Waals surface area (Å²) < 4.78 is 64.7. The molecule has 3 aromatic rings. The van der Waals surface area contributed by atoms with Crippen molar-refractivity contribution in [1.29, 1.82) is 0 Å². The number of halogens is 6. The number of carbonyl (C=O) groups is 1. The van der Waals surface area contributed by atoms with Crippen LogP contribution >= 0.6 is 15.9 Å². The molecule has 0 saturated carbocycles. The molecule has 0 saturated heterocycles. The molecule has 2 heterocycles. The van der Waals surface area contributed by atoms with Crippen molar-refractivity contribution in [3.05, 3.63) is 75.3 Å². The van der Waals surface area contributed by atoms with Crippen LogP contribution in [0.1, 0.15) is 60.7 Å². The molecule has 0 amide bonds. The SMILES string of the molecule is CCCC(F)CN(C)/C=C(/Br)c1cc(-c2ncc(C(C)(C)O)cn2)c(F)cc1C=O.O=c1[nH]ncc(O)c1C(F)(F)F. The predicted molar refractivity (Wildman–Crippen MR) is 149 cm³/mol. The van der Waals surface area contributed by atoms with Crippen LogP contribution in [0.5, 0.6) is 5.75 Å². The van der Waals surface area contributed by atoms with E-state index >= 15 is 0 Å². The topological polar surface area (TPSA) is 132 Å². The Balaban J connectivity index is 0.000000428. The summed E-state index contributed by atoms with van der Waals surface area (Å²) in [5.74, 6) is -1.69. The van der Waals surface area contributed by atoms with E-state index in [9.17, 15) is 36.6 Å². The first kappa shape index (κ1) is 34.5. The van der Waals surface area contributed by atoms with Gasteiger partial charge in [0.25, 0.3) is 5.56 Å². The fourth-order valence-corrected chi connectivity index (χ4v) is 4.24. The number of nitrogens with one attached hydrogen (secondary N) is 1. The fraction of sp³-hybridized carbons (Fsp3) is 0.370. The summed E-state index contributed by atoms with van der Waals surface area (Å²) in [6.45, 7) is 5.33. The van der Waals surface area contributed by atoms with Gasteiger partial charge < -0.3 is 15.1 Å². The third-order valence-corrected chi connectivity index (χ3v) is 6.30. The van der Waals surface area contributed by atoms with Crippen LogP contribution in [0.3, 0.4) is 0 Å². The number of aldehydes is 1. The molecule has 3 rings (SSSR count). The summed E-state index contributed by atoms with van der Waals surface area (Å²) in [4.78, 5) is 32.0. The zero-order valence-corrected chi connectivity index (χ0v) is 24.6. The Bertz CT molecular complexity index is 1460. The molecule has 0 aliphatic heterocycles. The van der Waals surface area contributed by atoms with Gasteiger partial charge in [0.05, 0.1) is 17.4 Å². The first-order valence-corrected chi connectivity index (χ1v) is 13.2. The van der Waals surface area contributed by atoms with Crippen LogP contribution in [0.2, 0.25) is 0 Å². The lowest BCUT2D eigenvalue weighted by Crippen LogP contribution is -2.22. The quantitative estimate of drug-likeness (QED) is 0.200. The predicted octanol–water partition coefficient (Wildman–Crippen LogP) is 5.58. The molecule has 0 fully saturated rings. The molecular formula is C27H29BrF5N5O4. The Morgan fingerprint density at radius 1 is 1.19 bits per heavy atom. The van der Waals surface area contributed by atoms with Crippen molar-refractivity contribution >= 4 is 26.7 Å². The Hall–Kier alpha value is -3.72. The Morgan fingerprint density at radius 2 is 1.81 bits per heavy atom. The minimum Gasteiger partial charge on any atom is -0.505 e. The van der Waals surface area contributed by atoms with Gasteiger partial charge in [-0.05, 0) is 48.3 Å². The van der Waals surface area contributed by atoms with Crippen molar-refractivity contribution in [2.45, 2.75) is 51.6 Å². The number of aromatic hydroxyl groups is 1. The molecule has 1 atom stereocenters. The summed E-state index contributed by atoms with van der Waals surface area (Å²) >= 11 is 3.42.